The maximum atomic E-state index is 12.5. The standard InChI is InChI=1S/C20H37N3O3/c1-19(2,3)26-18(24)23-12-6-9-16(14-23)25-20(15-7-4-5-8-15)10-11-22-13-17(20)21/h15-17,22H,4-14,21H2,1-3H3/t16-,17?,20?/m1/s1. The van der Waals surface area contributed by atoms with Gasteiger partial charge < -0.3 is 25.4 Å². The molecule has 0 aromatic rings. The maximum absolute atomic E-state index is 12.5. The van der Waals surface area contributed by atoms with Crippen LogP contribution in [0.3, 0.4) is 0 Å². The monoisotopic (exact) mass is 367 g/mol. The number of nitrogens with two attached hydrogens (primary N) is 1. The number of hydrogen-bond donors (Lipinski definition) is 2. The molecule has 3 aliphatic rings. The molecule has 0 bridgehead atoms. The van der Waals surface area contributed by atoms with E-state index in [1.807, 2.05) is 25.7 Å². The van der Waals surface area contributed by atoms with Gasteiger partial charge in [-0.05, 0) is 65.3 Å². The number of nitrogens with zero attached hydrogens (tertiary/aromatic N) is 1. The molecule has 0 radical (unpaired) electrons. The van der Waals surface area contributed by atoms with Crippen LogP contribution < -0.4 is 11.1 Å². The van der Waals surface area contributed by atoms with Crippen LogP contribution in [0, 0.1) is 5.92 Å². The molecule has 1 aliphatic carbocycles. The minimum Gasteiger partial charge on any atom is -0.444 e. The van der Waals surface area contributed by atoms with Crippen molar-refractivity contribution in [2.75, 3.05) is 26.2 Å². The molecule has 3 rings (SSSR count). The lowest BCUT2D eigenvalue weighted by molar-refractivity contribution is -0.164. The second kappa shape index (κ2) is 8.03. The van der Waals surface area contributed by atoms with Crippen LogP contribution in [0.25, 0.3) is 0 Å². The summed E-state index contributed by atoms with van der Waals surface area (Å²) >= 11 is 0. The van der Waals surface area contributed by atoms with Crippen LogP contribution in [0.15, 0.2) is 0 Å². The van der Waals surface area contributed by atoms with Gasteiger partial charge in [0.05, 0.1) is 18.2 Å². The molecule has 2 aliphatic heterocycles. The molecular formula is C20H37N3O3. The van der Waals surface area contributed by atoms with Gasteiger partial charge >= 0.3 is 6.09 Å². The number of rotatable bonds is 3. The highest BCUT2D eigenvalue weighted by molar-refractivity contribution is 5.68. The number of ether oxygens (including phenoxy) is 2. The average molecular weight is 368 g/mol. The zero-order valence-corrected chi connectivity index (χ0v) is 16.8. The summed E-state index contributed by atoms with van der Waals surface area (Å²) in [6, 6.07) is 0.0243. The van der Waals surface area contributed by atoms with Crippen molar-refractivity contribution < 1.29 is 14.3 Å². The van der Waals surface area contributed by atoms with Gasteiger partial charge in [0, 0.05) is 19.1 Å². The van der Waals surface area contributed by atoms with Gasteiger partial charge in [-0.15, -0.1) is 0 Å². The van der Waals surface area contributed by atoms with Gasteiger partial charge in [0.2, 0.25) is 0 Å². The molecule has 1 amide bonds. The number of piperidine rings is 2. The summed E-state index contributed by atoms with van der Waals surface area (Å²) < 4.78 is 12.4. The molecule has 0 aromatic heterocycles. The van der Waals surface area contributed by atoms with E-state index < -0.39 is 5.60 Å². The fourth-order valence-corrected chi connectivity index (χ4v) is 4.90. The fourth-order valence-electron chi connectivity index (χ4n) is 4.90. The van der Waals surface area contributed by atoms with Gasteiger partial charge in [-0.3, -0.25) is 0 Å². The highest BCUT2D eigenvalue weighted by Gasteiger charge is 2.49. The largest absolute Gasteiger partial charge is 0.444 e. The van der Waals surface area contributed by atoms with Gasteiger partial charge in [0.15, 0.2) is 0 Å². The van der Waals surface area contributed by atoms with Gasteiger partial charge in [-0.2, -0.15) is 0 Å². The summed E-state index contributed by atoms with van der Waals surface area (Å²) in [7, 11) is 0. The zero-order chi connectivity index (χ0) is 18.8. The molecule has 3 N–H and O–H groups in total. The van der Waals surface area contributed by atoms with Crippen LogP contribution in [0.5, 0.6) is 0 Å². The number of hydrogen-bond acceptors (Lipinski definition) is 5. The predicted molar refractivity (Wildman–Crippen MR) is 102 cm³/mol. The zero-order valence-electron chi connectivity index (χ0n) is 16.8. The van der Waals surface area contributed by atoms with Gasteiger partial charge in [-0.25, -0.2) is 4.79 Å². The molecule has 6 heteroatoms. The van der Waals surface area contributed by atoms with E-state index >= 15 is 0 Å². The second-order valence-electron chi connectivity index (χ2n) is 9.31. The van der Waals surface area contributed by atoms with Crippen LogP contribution in [0.4, 0.5) is 4.79 Å². The van der Waals surface area contributed by atoms with Crippen LogP contribution in [-0.4, -0.2) is 60.5 Å². The molecule has 2 saturated heterocycles. The molecule has 3 fully saturated rings. The summed E-state index contributed by atoms with van der Waals surface area (Å²) in [5.41, 5.74) is 5.90. The Labute approximate surface area is 158 Å². The Morgan fingerprint density at radius 1 is 1.19 bits per heavy atom. The SMILES string of the molecule is CC(C)(C)OC(=O)N1CCC[C@@H](OC2(C3CCCC3)CCNCC2N)C1. The number of carbonyl (C=O) groups is 1. The Morgan fingerprint density at radius 3 is 2.58 bits per heavy atom. The minimum absolute atomic E-state index is 0.0243. The van der Waals surface area contributed by atoms with E-state index in [0.717, 1.165) is 38.9 Å². The van der Waals surface area contributed by atoms with Crippen molar-refractivity contribution in [1.29, 1.82) is 0 Å². The molecule has 6 nitrogen and oxygen atoms in total. The number of carbonyl (C=O) groups excluding carboxylic acids is 1. The molecule has 2 unspecified atom stereocenters. The lowest BCUT2D eigenvalue weighted by Gasteiger charge is -2.49. The first kappa shape index (κ1) is 19.9. The lowest BCUT2D eigenvalue weighted by Crippen LogP contribution is -2.64. The summed E-state index contributed by atoms with van der Waals surface area (Å²) in [5, 5.41) is 3.41. The van der Waals surface area contributed by atoms with Gasteiger partial charge in [0.1, 0.15) is 5.60 Å². The second-order valence-corrected chi connectivity index (χ2v) is 9.31. The summed E-state index contributed by atoms with van der Waals surface area (Å²) in [4.78, 5) is 14.3. The first-order valence-electron chi connectivity index (χ1n) is 10.4. The molecule has 150 valence electrons. The van der Waals surface area contributed by atoms with E-state index in [1.165, 1.54) is 25.7 Å². The normalized spacial score (nSPS) is 34.1. The highest BCUT2D eigenvalue weighted by Crippen LogP contribution is 2.42. The molecular weight excluding hydrogens is 330 g/mol. The van der Waals surface area contributed by atoms with Crippen LogP contribution in [0.1, 0.15) is 65.7 Å². The van der Waals surface area contributed by atoms with E-state index in [4.69, 9.17) is 15.2 Å². The Balaban J connectivity index is 1.67. The van der Waals surface area contributed by atoms with E-state index in [9.17, 15) is 4.79 Å². The maximum Gasteiger partial charge on any atom is 0.410 e. The number of likely N-dealkylation sites (tertiary alicyclic amines) is 1. The molecule has 2 heterocycles. The first-order chi connectivity index (χ1) is 12.3. The van der Waals surface area contributed by atoms with Crippen LogP contribution >= 0.6 is 0 Å². The van der Waals surface area contributed by atoms with Gasteiger partial charge in [-0.1, -0.05) is 12.8 Å². The minimum atomic E-state index is -0.465. The number of amides is 1. The molecule has 0 spiro atoms. The van der Waals surface area contributed by atoms with Crippen molar-refractivity contribution in [1.82, 2.24) is 10.2 Å². The molecule has 0 aromatic carbocycles. The fraction of sp³-hybridized carbons (Fsp3) is 0.950. The topological polar surface area (TPSA) is 76.8 Å². The smallest absolute Gasteiger partial charge is 0.410 e. The Hall–Kier alpha value is -0.850. The lowest BCUT2D eigenvalue weighted by atomic mass is 9.75. The first-order valence-corrected chi connectivity index (χ1v) is 10.4. The van der Waals surface area contributed by atoms with Crippen molar-refractivity contribution in [3.8, 4) is 0 Å². The number of nitrogens with one attached hydrogen (secondary N) is 1. The third kappa shape index (κ3) is 4.52. The molecule has 26 heavy (non-hydrogen) atoms. The Bertz CT molecular complexity index is 487. The third-order valence-corrected chi connectivity index (χ3v) is 6.15. The Morgan fingerprint density at radius 2 is 1.92 bits per heavy atom. The van der Waals surface area contributed by atoms with E-state index in [1.54, 1.807) is 0 Å². The quantitative estimate of drug-likeness (QED) is 0.802. The summed E-state index contributed by atoms with van der Waals surface area (Å²) in [5.74, 6) is 0.552. The molecule has 1 saturated carbocycles. The van der Waals surface area contributed by atoms with Gasteiger partial charge in [0.25, 0.3) is 0 Å². The van der Waals surface area contributed by atoms with Crippen molar-refractivity contribution in [2.45, 2.75) is 89.1 Å². The van der Waals surface area contributed by atoms with E-state index in [2.05, 4.69) is 5.32 Å². The highest BCUT2D eigenvalue weighted by atomic mass is 16.6. The predicted octanol–water partition coefficient (Wildman–Crippen LogP) is 2.65. The van der Waals surface area contributed by atoms with E-state index in [-0.39, 0.29) is 23.8 Å². The van der Waals surface area contributed by atoms with Crippen LogP contribution in [0.2, 0.25) is 0 Å². The van der Waals surface area contributed by atoms with Crippen molar-refractivity contribution >= 4 is 6.09 Å². The summed E-state index contributed by atoms with van der Waals surface area (Å²) in [6.45, 7) is 8.87. The van der Waals surface area contributed by atoms with Crippen LogP contribution in [-0.2, 0) is 9.47 Å². The van der Waals surface area contributed by atoms with E-state index in [0.29, 0.717) is 12.5 Å². The average Bonchev–Trinajstić information content (AvgIpc) is 3.11. The Kier molecular flexibility index (Phi) is 6.14. The van der Waals surface area contributed by atoms with Crippen molar-refractivity contribution in [3.05, 3.63) is 0 Å². The van der Waals surface area contributed by atoms with Crippen molar-refractivity contribution in [3.63, 3.8) is 0 Å². The third-order valence-electron chi connectivity index (χ3n) is 6.15. The molecule has 3 atom stereocenters. The van der Waals surface area contributed by atoms with Crippen molar-refractivity contribution in [2.24, 2.45) is 11.7 Å². The summed E-state index contributed by atoms with van der Waals surface area (Å²) in [6.07, 6.45) is 7.76.